The van der Waals surface area contributed by atoms with Crippen LogP contribution in [0.1, 0.15) is 0 Å². The van der Waals surface area contributed by atoms with Gasteiger partial charge in [-0.25, -0.2) is 0 Å². The average molecular weight is 358 g/mol. The fourth-order valence-corrected chi connectivity index (χ4v) is 3.07. The molecule has 0 radical (unpaired) electrons. The Balaban J connectivity index is 5.05. The Morgan fingerprint density at radius 2 is 1.77 bits per heavy atom. The van der Waals surface area contributed by atoms with E-state index in [0.717, 1.165) is 0 Å². The molecule has 13 heavy (non-hydrogen) atoms. The molecule has 11 heteroatoms. The fourth-order valence-electron chi connectivity index (χ4n) is 0.321. The predicted octanol–water partition coefficient (Wildman–Crippen LogP) is -0.666. The second kappa shape index (κ2) is 4.47. The van der Waals surface area contributed by atoms with Crippen molar-refractivity contribution in [1.29, 1.82) is 0 Å². The van der Waals surface area contributed by atoms with Gasteiger partial charge in [0.1, 0.15) is 0 Å². The Labute approximate surface area is 91.8 Å². The van der Waals surface area contributed by atoms with Crippen molar-refractivity contribution < 1.29 is 33.4 Å². The average Bonchev–Trinajstić information content (AvgIpc) is 1.84. The summed E-state index contributed by atoms with van der Waals surface area (Å²) in [6.45, 7) is 0. The molecule has 4 N–H and O–H groups in total. The van der Waals surface area contributed by atoms with Crippen LogP contribution < -0.4 is 0 Å². The first kappa shape index (κ1) is 14.3. The van der Waals surface area contributed by atoms with Crippen molar-refractivity contribution in [1.82, 2.24) is 0 Å². The maximum absolute atomic E-state index is 11.0. The molecule has 2 unspecified atom stereocenters. The minimum absolute atomic E-state index is 0.228. The van der Waals surface area contributed by atoms with E-state index in [2.05, 4.69) is 4.52 Å². The molecule has 0 saturated heterocycles. The topological polar surface area (TPSA) is 124 Å². The van der Waals surface area contributed by atoms with Gasteiger partial charge in [0.05, 0.1) is 0 Å². The predicted molar refractivity (Wildman–Crippen MR) is 44.4 cm³/mol. The molecular weight excluding hydrogens is 352 g/mol. The molecular formula is C2H6ClO7P2Sn+3. The Morgan fingerprint density at radius 1 is 1.38 bits per heavy atom. The van der Waals surface area contributed by atoms with E-state index in [1.165, 1.54) is 0 Å². The van der Waals surface area contributed by atoms with Crippen LogP contribution in [0.15, 0.2) is 0 Å². The Kier molecular flexibility index (Phi) is 4.93. The van der Waals surface area contributed by atoms with Crippen LogP contribution in [0.25, 0.3) is 0 Å². The summed E-state index contributed by atoms with van der Waals surface area (Å²) in [5, 5.41) is 9.09. The molecule has 0 aliphatic carbocycles. The van der Waals surface area contributed by atoms with Crippen LogP contribution in [0, 0.1) is 0 Å². The molecule has 0 aromatic rings. The molecule has 0 bridgehead atoms. The second-order valence-corrected chi connectivity index (χ2v) is 10.7. The quantitative estimate of drug-likeness (QED) is 0.299. The fraction of sp³-hybridized carbons (Fsp3) is 1.00. The normalized spacial score (nSPS) is 22.1. The molecule has 0 aliphatic heterocycles. The Hall–Kier alpha value is 1.35. The van der Waals surface area contributed by atoms with Crippen LogP contribution in [0.4, 0.5) is 0 Å². The molecule has 0 aliphatic rings. The summed E-state index contributed by atoms with van der Waals surface area (Å²) in [5.74, 6) is 0. The Bertz CT molecular complexity index is 272. The van der Waals surface area contributed by atoms with E-state index in [4.69, 9.17) is 31.4 Å². The van der Waals surface area contributed by atoms with Crippen molar-refractivity contribution in [3.8, 4) is 0 Å². The summed E-state index contributed by atoms with van der Waals surface area (Å²) >= 11 is 4.71. The molecule has 0 rings (SSSR count). The van der Waals surface area contributed by atoms with Gasteiger partial charge in [0.2, 0.25) is 0 Å². The van der Waals surface area contributed by atoms with Gasteiger partial charge in [0.25, 0.3) is 0 Å². The number of hydrogen-bond acceptors (Lipinski definition) is 4. The van der Waals surface area contributed by atoms with Gasteiger partial charge in [-0.1, -0.05) is 0 Å². The van der Waals surface area contributed by atoms with Crippen molar-refractivity contribution in [2.24, 2.45) is 0 Å². The molecule has 0 saturated carbocycles. The first-order chi connectivity index (χ1) is 5.56. The first-order valence-electron chi connectivity index (χ1n) is 2.62. The van der Waals surface area contributed by atoms with Crippen LogP contribution >= 0.6 is 26.8 Å². The van der Waals surface area contributed by atoms with Crippen LogP contribution in [0.2, 0.25) is 0 Å². The summed E-state index contributed by atoms with van der Waals surface area (Å²) in [6.07, 6.45) is 0. The molecule has 0 fully saturated rings. The third-order valence-corrected chi connectivity index (χ3v) is 9.82. The first-order valence-corrected chi connectivity index (χ1v) is 7.78. The Morgan fingerprint density at radius 3 is 2.00 bits per heavy atom. The molecule has 7 nitrogen and oxygen atoms in total. The van der Waals surface area contributed by atoms with E-state index >= 15 is 0 Å². The zero-order chi connectivity index (χ0) is 10.9. The van der Waals surface area contributed by atoms with Gasteiger partial charge in [0.15, 0.2) is 0 Å². The monoisotopic (exact) mass is 359 g/mol. The number of aliphatic hydroxyl groups is 1. The van der Waals surface area contributed by atoms with Crippen molar-refractivity contribution in [2.45, 2.75) is 3.10 Å². The second-order valence-electron chi connectivity index (χ2n) is 1.94. The molecule has 2 atom stereocenters. The van der Waals surface area contributed by atoms with Gasteiger partial charge < -0.3 is 0 Å². The van der Waals surface area contributed by atoms with Crippen LogP contribution in [0.5, 0.6) is 0 Å². The molecule has 0 aromatic carbocycles. The van der Waals surface area contributed by atoms with E-state index in [-0.39, 0.29) is 22.5 Å². The molecule has 0 spiro atoms. The van der Waals surface area contributed by atoms with Crippen molar-refractivity contribution in [3.05, 3.63) is 0 Å². The summed E-state index contributed by atoms with van der Waals surface area (Å²) in [4.78, 5) is 26.0. The number of alkyl halides is 1. The molecule has 0 amide bonds. The minimum atomic E-state index is -5.12. The number of halogens is 1. The van der Waals surface area contributed by atoms with Gasteiger partial charge in [-0.15, -0.1) is 0 Å². The zero-order valence-corrected chi connectivity index (χ0v) is 11.4. The van der Waals surface area contributed by atoms with E-state index in [0.29, 0.717) is 0 Å². The summed E-state index contributed by atoms with van der Waals surface area (Å²) in [6, 6.07) is -0.746. The summed E-state index contributed by atoms with van der Waals surface area (Å²) in [7, 11) is -9.94. The van der Waals surface area contributed by atoms with Gasteiger partial charge in [0, 0.05) is 0 Å². The van der Waals surface area contributed by atoms with Gasteiger partial charge in [-0.05, 0) is 0 Å². The molecule has 0 heterocycles. The molecule has 0 aromatic heterocycles. The van der Waals surface area contributed by atoms with Gasteiger partial charge >= 0.3 is 91.9 Å². The third kappa shape index (κ3) is 3.15. The van der Waals surface area contributed by atoms with Crippen LogP contribution in [0.3, 0.4) is 0 Å². The van der Waals surface area contributed by atoms with E-state index < -0.39 is 24.4 Å². The standard InChI is InChI=1S/C2H6ClO7P2.Sn/c3-1-10-12(8,9)2(4)11(5,6)7;/h4H,1H2,(H,8,9)(H2,5,6,7);/q;+3. The number of hydrogen-bond donors (Lipinski definition) is 4. The van der Waals surface area contributed by atoms with Gasteiger partial charge in [-0.3, -0.25) is 0 Å². The summed E-state index contributed by atoms with van der Waals surface area (Å²) in [5.41, 5.74) is 0. The van der Waals surface area contributed by atoms with Crippen LogP contribution in [-0.4, -0.2) is 51.5 Å². The summed E-state index contributed by atoms with van der Waals surface area (Å²) < 4.78 is 22.5. The maximum atomic E-state index is 11.0. The van der Waals surface area contributed by atoms with Crippen molar-refractivity contribution >= 4 is 49.3 Å². The van der Waals surface area contributed by atoms with Crippen molar-refractivity contribution in [3.63, 3.8) is 0 Å². The third-order valence-electron chi connectivity index (χ3n) is 1.02. The van der Waals surface area contributed by atoms with E-state index in [1.54, 1.807) is 0 Å². The SMILES string of the molecule is O=P(O)(O)[C](O)([Sn+3])P(=O)(O)OCCl. The van der Waals surface area contributed by atoms with E-state index in [9.17, 15) is 9.13 Å². The van der Waals surface area contributed by atoms with E-state index in [1.807, 2.05) is 0 Å². The van der Waals surface area contributed by atoms with Gasteiger partial charge in [-0.2, -0.15) is 0 Å². The molecule has 74 valence electrons. The van der Waals surface area contributed by atoms with Crippen LogP contribution in [-0.2, 0) is 13.7 Å². The van der Waals surface area contributed by atoms with Crippen molar-refractivity contribution in [2.75, 3.05) is 6.07 Å². The zero-order valence-electron chi connectivity index (χ0n) is 5.99. The number of rotatable bonds is 4.